The van der Waals surface area contributed by atoms with Crippen LogP contribution in [0.4, 0.5) is 0 Å². The van der Waals surface area contributed by atoms with E-state index in [9.17, 15) is 9.59 Å². The third-order valence-corrected chi connectivity index (χ3v) is 5.26. The Bertz CT molecular complexity index is 391. The second-order valence-electron chi connectivity index (χ2n) is 6.45. The Balaban J connectivity index is 1.53. The topological polar surface area (TPSA) is 61.9 Å². The van der Waals surface area contributed by atoms with E-state index in [1.807, 2.05) is 0 Å². The summed E-state index contributed by atoms with van der Waals surface area (Å²) in [4.78, 5) is 28.0. The molecular weight excluding hydrogens is 270 g/mol. The maximum absolute atomic E-state index is 12.4. The summed E-state index contributed by atoms with van der Waals surface area (Å²) in [6, 6.07) is 0. The number of ether oxygens (including phenoxy) is 1. The fourth-order valence-electron chi connectivity index (χ4n) is 3.68. The smallest absolute Gasteiger partial charge is 0.312 e. The first-order valence-corrected chi connectivity index (χ1v) is 8.07. The van der Waals surface area contributed by atoms with Gasteiger partial charge >= 0.3 is 11.8 Å². The van der Waals surface area contributed by atoms with Crippen molar-refractivity contribution in [1.29, 1.82) is 0 Å². The Hall–Kier alpha value is -1.14. The first kappa shape index (κ1) is 14.8. The first-order chi connectivity index (χ1) is 10.2. The number of hydrogen-bond acceptors (Lipinski definition) is 4. The molecule has 0 aromatic rings. The molecule has 6 heteroatoms. The molecule has 6 nitrogen and oxygen atoms in total. The number of carbonyl (C=O) groups excluding carboxylic acids is 2. The van der Waals surface area contributed by atoms with E-state index in [0.717, 1.165) is 39.0 Å². The van der Waals surface area contributed by atoms with Gasteiger partial charge in [0.15, 0.2) is 0 Å². The van der Waals surface area contributed by atoms with E-state index in [2.05, 4.69) is 5.32 Å². The van der Waals surface area contributed by atoms with Gasteiger partial charge in [-0.2, -0.15) is 0 Å². The lowest BCUT2D eigenvalue weighted by molar-refractivity contribution is -0.155. The summed E-state index contributed by atoms with van der Waals surface area (Å²) in [6.45, 7) is 5.78. The van der Waals surface area contributed by atoms with Crippen molar-refractivity contribution < 1.29 is 14.3 Å². The number of nitrogens with zero attached hydrogens (tertiary/aromatic N) is 2. The summed E-state index contributed by atoms with van der Waals surface area (Å²) < 4.78 is 5.23. The molecule has 0 atom stereocenters. The molecule has 3 fully saturated rings. The van der Waals surface area contributed by atoms with E-state index in [1.54, 1.807) is 9.80 Å². The standard InChI is InChI=1S/C15H25N3O3/c19-13(14(20)18-9-11-21-12-10-18)17-7-3-15(4-8-17)1-5-16-6-2-15/h16H,1-12H2. The molecule has 3 aliphatic rings. The summed E-state index contributed by atoms with van der Waals surface area (Å²) in [6.07, 6.45) is 4.48. The number of rotatable bonds is 0. The highest BCUT2D eigenvalue weighted by Crippen LogP contribution is 2.39. The van der Waals surface area contributed by atoms with Crippen LogP contribution >= 0.6 is 0 Å². The van der Waals surface area contributed by atoms with E-state index in [-0.39, 0.29) is 11.8 Å². The Kier molecular flexibility index (Phi) is 4.45. The van der Waals surface area contributed by atoms with Gasteiger partial charge < -0.3 is 19.9 Å². The van der Waals surface area contributed by atoms with Gasteiger partial charge in [-0.15, -0.1) is 0 Å². The van der Waals surface area contributed by atoms with Gasteiger partial charge in [-0.25, -0.2) is 0 Å². The van der Waals surface area contributed by atoms with Crippen LogP contribution in [-0.2, 0) is 14.3 Å². The zero-order chi connectivity index (χ0) is 14.7. The van der Waals surface area contributed by atoms with Crippen molar-refractivity contribution in [3.63, 3.8) is 0 Å². The third-order valence-electron chi connectivity index (χ3n) is 5.26. The normalized spacial score (nSPS) is 25.9. The summed E-state index contributed by atoms with van der Waals surface area (Å²) in [5, 5.41) is 3.40. The second kappa shape index (κ2) is 6.32. The average Bonchev–Trinajstić information content (AvgIpc) is 2.56. The number of likely N-dealkylation sites (tertiary alicyclic amines) is 1. The molecule has 3 heterocycles. The Labute approximate surface area is 125 Å². The minimum absolute atomic E-state index is 0.319. The van der Waals surface area contributed by atoms with Crippen LogP contribution in [0.1, 0.15) is 25.7 Å². The Morgan fingerprint density at radius 2 is 1.33 bits per heavy atom. The predicted molar refractivity (Wildman–Crippen MR) is 77.7 cm³/mol. The van der Waals surface area contributed by atoms with E-state index in [0.29, 0.717) is 31.7 Å². The van der Waals surface area contributed by atoms with Crippen LogP contribution < -0.4 is 5.32 Å². The summed E-state index contributed by atoms with van der Waals surface area (Å²) in [5.41, 5.74) is 0.407. The van der Waals surface area contributed by atoms with Gasteiger partial charge in [-0.05, 0) is 44.2 Å². The zero-order valence-electron chi connectivity index (χ0n) is 12.6. The molecule has 3 aliphatic heterocycles. The molecule has 1 N–H and O–H groups in total. The van der Waals surface area contributed by atoms with Crippen molar-refractivity contribution in [1.82, 2.24) is 15.1 Å². The van der Waals surface area contributed by atoms with Gasteiger partial charge in [0.05, 0.1) is 13.2 Å². The highest BCUT2D eigenvalue weighted by Gasteiger charge is 2.38. The largest absolute Gasteiger partial charge is 0.378 e. The van der Waals surface area contributed by atoms with Crippen LogP contribution in [0, 0.1) is 5.41 Å². The van der Waals surface area contributed by atoms with Crippen LogP contribution in [0.5, 0.6) is 0 Å². The summed E-state index contributed by atoms with van der Waals surface area (Å²) in [5.74, 6) is -0.666. The monoisotopic (exact) mass is 295 g/mol. The van der Waals surface area contributed by atoms with Crippen LogP contribution in [0.2, 0.25) is 0 Å². The van der Waals surface area contributed by atoms with Crippen molar-refractivity contribution in [2.45, 2.75) is 25.7 Å². The summed E-state index contributed by atoms with van der Waals surface area (Å²) >= 11 is 0. The first-order valence-electron chi connectivity index (χ1n) is 8.07. The number of carbonyl (C=O) groups is 2. The third kappa shape index (κ3) is 3.21. The van der Waals surface area contributed by atoms with Crippen LogP contribution in [0.3, 0.4) is 0 Å². The fourth-order valence-corrected chi connectivity index (χ4v) is 3.68. The Morgan fingerprint density at radius 1 is 0.810 bits per heavy atom. The average molecular weight is 295 g/mol. The van der Waals surface area contributed by atoms with Crippen LogP contribution in [0.25, 0.3) is 0 Å². The van der Waals surface area contributed by atoms with Crippen LogP contribution in [-0.4, -0.2) is 74.1 Å². The van der Waals surface area contributed by atoms with E-state index >= 15 is 0 Å². The molecule has 0 aliphatic carbocycles. The highest BCUT2D eigenvalue weighted by molar-refractivity contribution is 6.34. The van der Waals surface area contributed by atoms with Gasteiger partial charge in [0.1, 0.15) is 0 Å². The lowest BCUT2D eigenvalue weighted by atomic mass is 9.71. The molecule has 21 heavy (non-hydrogen) atoms. The van der Waals surface area contributed by atoms with Crippen molar-refractivity contribution in [2.24, 2.45) is 5.41 Å². The number of nitrogens with one attached hydrogen (secondary N) is 1. The molecule has 0 aromatic carbocycles. The molecule has 0 bridgehead atoms. The molecule has 3 saturated heterocycles. The van der Waals surface area contributed by atoms with Gasteiger partial charge in [-0.3, -0.25) is 9.59 Å². The zero-order valence-corrected chi connectivity index (χ0v) is 12.6. The van der Waals surface area contributed by atoms with Gasteiger partial charge in [0, 0.05) is 26.2 Å². The molecule has 1 spiro atoms. The number of morpholine rings is 1. The predicted octanol–water partition coefficient (Wildman–Crippen LogP) is -0.163. The van der Waals surface area contributed by atoms with Gasteiger partial charge in [0.25, 0.3) is 0 Å². The van der Waals surface area contributed by atoms with E-state index in [4.69, 9.17) is 4.74 Å². The molecule has 0 radical (unpaired) electrons. The van der Waals surface area contributed by atoms with E-state index < -0.39 is 0 Å². The molecule has 118 valence electrons. The number of piperidine rings is 2. The number of amides is 2. The molecule has 0 saturated carbocycles. The van der Waals surface area contributed by atoms with E-state index in [1.165, 1.54) is 12.8 Å². The quantitative estimate of drug-likeness (QED) is 0.631. The lowest BCUT2D eigenvalue weighted by Crippen LogP contribution is -2.53. The minimum Gasteiger partial charge on any atom is -0.378 e. The fraction of sp³-hybridized carbons (Fsp3) is 0.867. The van der Waals surface area contributed by atoms with Crippen molar-refractivity contribution in [3.05, 3.63) is 0 Å². The van der Waals surface area contributed by atoms with Gasteiger partial charge in [0.2, 0.25) is 0 Å². The second-order valence-corrected chi connectivity index (χ2v) is 6.45. The highest BCUT2D eigenvalue weighted by atomic mass is 16.5. The van der Waals surface area contributed by atoms with Crippen molar-refractivity contribution >= 4 is 11.8 Å². The maximum atomic E-state index is 12.4. The van der Waals surface area contributed by atoms with Gasteiger partial charge in [-0.1, -0.05) is 0 Å². The van der Waals surface area contributed by atoms with Crippen molar-refractivity contribution in [3.8, 4) is 0 Å². The molecular formula is C15H25N3O3. The maximum Gasteiger partial charge on any atom is 0.312 e. The summed E-state index contributed by atoms with van der Waals surface area (Å²) in [7, 11) is 0. The van der Waals surface area contributed by atoms with Crippen molar-refractivity contribution in [2.75, 3.05) is 52.5 Å². The van der Waals surface area contributed by atoms with Crippen LogP contribution in [0.15, 0.2) is 0 Å². The SMILES string of the molecule is O=C(C(=O)N1CCC2(CCNCC2)CC1)N1CCOCC1. The lowest BCUT2D eigenvalue weighted by Gasteiger charge is -2.44. The number of hydrogen-bond donors (Lipinski definition) is 1. The Morgan fingerprint density at radius 3 is 1.90 bits per heavy atom. The molecule has 3 rings (SSSR count). The molecule has 0 unspecified atom stereocenters. The molecule has 0 aromatic heterocycles. The minimum atomic E-state index is -0.348. The molecule has 2 amide bonds.